The van der Waals surface area contributed by atoms with Gasteiger partial charge in [-0.3, -0.25) is 0 Å². The van der Waals surface area contributed by atoms with Crippen molar-refractivity contribution in [3.63, 3.8) is 0 Å². The van der Waals surface area contributed by atoms with Gasteiger partial charge in [0.15, 0.2) is 5.75 Å². The minimum absolute atomic E-state index is 0.531. The van der Waals surface area contributed by atoms with E-state index >= 15 is 0 Å². The van der Waals surface area contributed by atoms with Gasteiger partial charge in [-0.15, -0.1) is 0 Å². The smallest absolute Gasteiger partial charge is 0.154 e. The molecule has 0 unspecified atom stereocenters. The van der Waals surface area contributed by atoms with Gasteiger partial charge in [0, 0.05) is 4.47 Å². The standard InChI is InChI=1S/C16H18BrNO2/c1-3-9-19-14-5-4-6-15(16(14)18)20-13-8-7-12(17)10-11(13)2/h4-8,10H,3,9,18H2,1-2H3. The Morgan fingerprint density at radius 1 is 1.10 bits per heavy atom. The molecule has 0 aliphatic carbocycles. The average molecular weight is 336 g/mol. The quantitative estimate of drug-likeness (QED) is 0.788. The second-order valence-electron chi connectivity index (χ2n) is 4.53. The predicted octanol–water partition coefficient (Wildman–Crippen LogP) is 4.92. The maximum Gasteiger partial charge on any atom is 0.154 e. The fourth-order valence-electron chi connectivity index (χ4n) is 1.80. The van der Waals surface area contributed by atoms with E-state index < -0.39 is 0 Å². The fraction of sp³-hybridized carbons (Fsp3) is 0.250. The molecule has 3 nitrogen and oxygen atoms in total. The number of para-hydroxylation sites is 1. The van der Waals surface area contributed by atoms with Crippen LogP contribution >= 0.6 is 15.9 Å². The Bertz CT molecular complexity index is 599. The van der Waals surface area contributed by atoms with Gasteiger partial charge in [-0.2, -0.15) is 0 Å². The summed E-state index contributed by atoms with van der Waals surface area (Å²) in [6.07, 6.45) is 0.941. The fourth-order valence-corrected chi connectivity index (χ4v) is 2.27. The van der Waals surface area contributed by atoms with Crippen LogP contribution < -0.4 is 15.2 Å². The number of anilines is 1. The molecule has 0 fully saturated rings. The number of rotatable bonds is 5. The van der Waals surface area contributed by atoms with Crippen molar-refractivity contribution in [1.82, 2.24) is 0 Å². The molecule has 0 saturated carbocycles. The second-order valence-corrected chi connectivity index (χ2v) is 5.44. The number of ether oxygens (including phenoxy) is 2. The molecule has 0 saturated heterocycles. The lowest BCUT2D eigenvalue weighted by molar-refractivity contribution is 0.318. The molecule has 0 spiro atoms. The number of aryl methyl sites for hydroxylation is 1. The summed E-state index contributed by atoms with van der Waals surface area (Å²) in [5.41, 5.74) is 7.66. The zero-order valence-electron chi connectivity index (χ0n) is 11.7. The molecule has 0 amide bonds. The minimum Gasteiger partial charge on any atom is -0.491 e. The summed E-state index contributed by atoms with van der Waals surface area (Å²) in [5, 5.41) is 0. The van der Waals surface area contributed by atoms with E-state index in [0.717, 1.165) is 22.2 Å². The Balaban J connectivity index is 2.24. The molecule has 0 atom stereocenters. The number of nitrogen functional groups attached to an aromatic ring is 1. The Labute approximate surface area is 127 Å². The van der Waals surface area contributed by atoms with Crippen molar-refractivity contribution >= 4 is 21.6 Å². The van der Waals surface area contributed by atoms with Gasteiger partial charge in [-0.1, -0.05) is 28.9 Å². The lowest BCUT2D eigenvalue weighted by Gasteiger charge is -2.14. The molecule has 106 valence electrons. The van der Waals surface area contributed by atoms with Crippen LogP contribution in [0, 0.1) is 6.92 Å². The molecular formula is C16H18BrNO2. The van der Waals surface area contributed by atoms with Gasteiger partial charge in [-0.25, -0.2) is 0 Å². The van der Waals surface area contributed by atoms with E-state index in [1.807, 2.05) is 43.3 Å². The van der Waals surface area contributed by atoms with E-state index in [4.69, 9.17) is 15.2 Å². The Hall–Kier alpha value is -1.68. The Morgan fingerprint density at radius 3 is 2.55 bits per heavy atom. The topological polar surface area (TPSA) is 44.5 Å². The highest BCUT2D eigenvalue weighted by molar-refractivity contribution is 9.10. The summed E-state index contributed by atoms with van der Waals surface area (Å²) < 4.78 is 12.5. The summed E-state index contributed by atoms with van der Waals surface area (Å²) in [5.74, 6) is 2.07. The molecule has 0 aliphatic heterocycles. The van der Waals surface area contributed by atoms with Crippen LogP contribution in [0.15, 0.2) is 40.9 Å². The van der Waals surface area contributed by atoms with Crippen molar-refractivity contribution in [1.29, 1.82) is 0 Å². The maximum atomic E-state index is 6.09. The van der Waals surface area contributed by atoms with E-state index in [9.17, 15) is 0 Å². The minimum atomic E-state index is 0.531. The molecule has 0 aliphatic rings. The molecule has 4 heteroatoms. The third-order valence-corrected chi connectivity index (χ3v) is 3.34. The second kappa shape index (κ2) is 6.66. The lowest BCUT2D eigenvalue weighted by atomic mass is 10.2. The predicted molar refractivity (Wildman–Crippen MR) is 85.6 cm³/mol. The van der Waals surface area contributed by atoms with E-state index in [1.54, 1.807) is 0 Å². The monoisotopic (exact) mass is 335 g/mol. The molecule has 0 heterocycles. The first kappa shape index (κ1) is 14.7. The summed E-state index contributed by atoms with van der Waals surface area (Å²) in [6.45, 7) is 4.69. The summed E-state index contributed by atoms with van der Waals surface area (Å²) in [6, 6.07) is 11.4. The van der Waals surface area contributed by atoms with Crippen LogP contribution in [-0.4, -0.2) is 6.61 Å². The van der Waals surface area contributed by atoms with Crippen molar-refractivity contribution in [2.45, 2.75) is 20.3 Å². The van der Waals surface area contributed by atoms with Gasteiger partial charge >= 0.3 is 0 Å². The van der Waals surface area contributed by atoms with Crippen LogP contribution in [-0.2, 0) is 0 Å². The molecular weight excluding hydrogens is 318 g/mol. The highest BCUT2D eigenvalue weighted by atomic mass is 79.9. The molecule has 0 aromatic heterocycles. The van der Waals surface area contributed by atoms with Crippen LogP contribution in [0.3, 0.4) is 0 Å². The van der Waals surface area contributed by atoms with Gasteiger partial charge in [0.2, 0.25) is 0 Å². The van der Waals surface area contributed by atoms with Crippen LogP contribution in [0.5, 0.6) is 17.2 Å². The normalized spacial score (nSPS) is 10.3. The number of halogens is 1. The largest absolute Gasteiger partial charge is 0.491 e. The van der Waals surface area contributed by atoms with Crippen molar-refractivity contribution in [3.05, 3.63) is 46.4 Å². The number of hydrogen-bond donors (Lipinski definition) is 1. The SMILES string of the molecule is CCCOc1cccc(Oc2ccc(Br)cc2C)c1N. The highest BCUT2D eigenvalue weighted by Gasteiger charge is 2.09. The molecule has 2 aromatic rings. The average Bonchev–Trinajstić information content (AvgIpc) is 2.42. The van der Waals surface area contributed by atoms with Crippen LogP contribution in [0.2, 0.25) is 0 Å². The third kappa shape index (κ3) is 3.45. The first-order valence-electron chi connectivity index (χ1n) is 6.57. The number of benzene rings is 2. The van der Waals surface area contributed by atoms with Crippen molar-refractivity contribution in [2.24, 2.45) is 0 Å². The van der Waals surface area contributed by atoms with Crippen molar-refractivity contribution in [2.75, 3.05) is 12.3 Å². The van der Waals surface area contributed by atoms with E-state index in [2.05, 4.69) is 22.9 Å². The third-order valence-electron chi connectivity index (χ3n) is 2.84. The summed E-state index contributed by atoms with van der Waals surface area (Å²) in [4.78, 5) is 0. The molecule has 2 aromatic carbocycles. The lowest BCUT2D eigenvalue weighted by Crippen LogP contribution is -2.00. The zero-order valence-corrected chi connectivity index (χ0v) is 13.2. The Morgan fingerprint density at radius 2 is 1.85 bits per heavy atom. The molecule has 2 N–H and O–H groups in total. The summed E-state index contributed by atoms with van der Waals surface area (Å²) >= 11 is 3.44. The van der Waals surface area contributed by atoms with Gasteiger partial charge in [-0.05, 0) is 49.2 Å². The van der Waals surface area contributed by atoms with E-state index in [0.29, 0.717) is 23.8 Å². The number of nitrogens with two attached hydrogens (primary N) is 1. The molecule has 0 radical (unpaired) electrons. The van der Waals surface area contributed by atoms with Crippen molar-refractivity contribution in [3.8, 4) is 17.2 Å². The first-order chi connectivity index (χ1) is 9.61. The molecule has 20 heavy (non-hydrogen) atoms. The van der Waals surface area contributed by atoms with Gasteiger partial charge < -0.3 is 15.2 Å². The highest BCUT2D eigenvalue weighted by Crippen LogP contribution is 2.36. The van der Waals surface area contributed by atoms with E-state index in [1.165, 1.54) is 0 Å². The van der Waals surface area contributed by atoms with Crippen molar-refractivity contribution < 1.29 is 9.47 Å². The van der Waals surface area contributed by atoms with Crippen LogP contribution in [0.1, 0.15) is 18.9 Å². The first-order valence-corrected chi connectivity index (χ1v) is 7.36. The van der Waals surface area contributed by atoms with Crippen LogP contribution in [0.4, 0.5) is 5.69 Å². The number of hydrogen-bond acceptors (Lipinski definition) is 3. The molecule has 0 bridgehead atoms. The van der Waals surface area contributed by atoms with Gasteiger partial charge in [0.05, 0.1) is 6.61 Å². The Kier molecular flexibility index (Phi) is 4.90. The van der Waals surface area contributed by atoms with Gasteiger partial charge in [0.25, 0.3) is 0 Å². The zero-order chi connectivity index (χ0) is 14.5. The van der Waals surface area contributed by atoms with E-state index in [-0.39, 0.29) is 0 Å². The summed E-state index contributed by atoms with van der Waals surface area (Å²) in [7, 11) is 0. The molecule has 2 rings (SSSR count). The maximum absolute atomic E-state index is 6.09. The van der Waals surface area contributed by atoms with Crippen LogP contribution in [0.25, 0.3) is 0 Å². The van der Waals surface area contributed by atoms with Gasteiger partial charge in [0.1, 0.15) is 17.2 Å².